The summed E-state index contributed by atoms with van der Waals surface area (Å²) in [5.41, 5.74) is 3.34. The Morgan fingerprint density at radius 3 is 2.24 bits per heavy atom. The summed E-state index contributed by atoms with van der Waals surface area (Å²) < 4.78 is 10.1. The van der Waals surface area contributed by atoms with Gasteiger partial charge in [0.15, 0.2) is 5.57 Å². The molecule has 25 heavy (non-hydrogen) atoms. The molecule has 1 aliphatic rings. The molecule has 1 aromatic carbocycles. The summed E-state index contributed by atoms with van der Waals surface area (Å²) in [6.45, 7) is 4.95. The smallest absolute Gasteiger partial charge is 0.350 e. The number of pyridine rings is 1. The van der Waals surface area contributed by atoms with Gasteiger partial charge in [-0.25, -0.2) is 9.59 Å². The van der Waals surface area contributed by atoms with Gasteiger partial charge in [-0.15, -0.1) is 0 Å². The second kappa shape index (κ2) is 6.39. The van der Waals surface area contributed by atoms with Gasteiger partial charge in [0.1, 0.15) is 0 Å². The molecule has 0 radical (unpaired) electrons. The summed E-state index contributed by atoms with van der Waals surface area (Å²) in [6, 6.07) is 13.3. The van der Waals surface area contributed by atoms with Gasteiger partial charge in [-0.3, -0.25) is 4.98 Å². The molecule has 128 valence electrons. The number of hydrogen-bond donors (Lipinski definition) is 1. The molecule has 6 nitrogen and oxygen atoms in total. The van der Waals surface area contributed by atoms with Crippen LogP contribution in [0.2, 0.25) is 0 Å². The molecule has 0 unspecified atom stereocenters. The van der Waals surface area contributed by atoms with E-state index in [0.29, 0.717) is 5.69 Å². The summed E-state index contributed by atoms with van der Waals surface area (Å²) in [5.74, 6) is -2.67. The number of cyclic esters (lactones) is 2. The molecule has 1 aliphatic heterocycles. The van der Waals surface area contributed by atoms with E-state index in [0.717, 1.165) is 17.0 Å². The highest BCUT2D eigenvalue weighted by atomic mass is 16.7. The van der Waals surface area contributed by atoms with Gasteiger partial charge in [0.25, 0.3) is 5.79 Å². The topological polar surface area (TPSA) is 77.5 Å². The zero-order valence-corrected chi connectivity index (χ0v) is 14.2. The molecule has 1 saturated heterocycles. The van der Waals surface area contributed by atoms with Crippen LogP contribution in [-0.2, 0) is 19.1 Å². The molecule has 3 rings (SSSR count). The van der Waals surface area contributed by atoms with Crippen molar-refractivity contribution in [2.45, 2.75) is 26.6 Å². The van der Waals surface area contributed by atoms with Crippen molar-refractivity contribution in [3.8, 4) is 11.3 Å². The number of benzene rings is 1. The van der Waals surface area contributed by atoms with Crippen LogP contribution in [0.15, 0.2) is 54.2 Å². The maximum Gasteiger partial charge on any atom is 0.350 e. The van der Waals surface area contributed by atoms with Crippen molar-refractivity contribution in [1.29, 1.82) is 0 Å². The monoisotopic (exact) mass is 338 g/mol. The van der Waals surface area contributed by atoms with E-state index in [-0.39, 0.29) is 5.57 Å². The summed E-state index contributed by atoms with van der Waals surface area (Å²) in [6.07, 6.45) is 1.29. The summed E-state index contributed by atoms with van der Waals surface area (Å²) in [4.78, 5) is 28.2. The fourth-order valence-electron chi connectivity index (χ4n) is 2.37. The predicted octanol–water partition coefficient (Wildman–Crippen LogP) is 3.19. The van der Waals surface area contributed by atoms with E-state index >= 15 is 0 Å². The van der Waals surface area contributed by atoms with Gasteiger partial charge < -0.3 is 14.8 Å². The Labute approximate surface area is 145 Å². The SMILES string of the molecule is Cc1cccc(-c2ccc(NC=C3C(=O)OC(C)(C)OC3=O)cc2)n1. The Balaban J connectivity index is 1.74. The molecule has 0 atom stereocenters. The van der Waals surface area contributed by atoms with Gasteiger partial charge in [-0.05, 0) is 31.2 Å². The van der Waals surface area contributed by atoms with Crippen molar-refractivity contribution in [3.63, 3.8) is 0 Å². The van der Waals surface area contributed by atoms with Crippen LogP contribution >= 0.6 is 0 Å². The van der Waals surface area contributed by atoms with Crippen LogP contribution < -0.4 is 5.32 Å². The van der Waals surface area contributed by atoms with Crippen molar-refractivity contribution in [2.75, 3.05) is 5.32 Å². The number of rotatable bonds is 3. The van der Waals surface area contributed by atoms with Gasteiger partial charge in [-0.2, -0.15) is 0 Å². The van der Waals surface area contributed by atoms with Crippen LogP contribution in [0.5, 0.6) is 0 Å². The number of anilines is 1. The molecule has 0 saturated carbocycles. The number of aryl methyl sites for hydroxylation is 1. The number of carbonyl (C=O) groups is 2. The number of ether oxygens (including phenoxy) is 2. The highest BCUT2D eigenvalue weighted by molar-refractivity contribution is 6.15. The van der Waals surface area contributed by atoms with E-state index in [9.17, 15) is 9.59 Å². The first-order valence-electron chi connectivity index (χ1n) is 7.81. The Hall–Kier alpha value is -3.15. The fourth-order valence-corrected chi connectivity index (χ4v) is 2.37. The minimum absolute atomic E-state index is 0.177. The first-order chi connectivity index (χ1) is 11.8. The molecule has 0 aliphatic carbocycles. The maximum atomic E-state index is 11.9. The largest absolute Gasteiger partial charge is 0.419 e. The third-order valence-corrected chi connectivity index (χ3v) is 3.57. The lowest BCUT2D eigenvalue weighted by Gasteiger charge is -2.29. The van der Waals surface area contributed by atoms with Crippen LogP contribution in [0, 0.1) is 6.92 Å². The number of esters is 2. The van der Waals surface area contributed by atoms with Crippen molar-refractivity contribution in [3.05, 3.63) is 59.9 Å². The van der Waals surface area contributed by atoms with Crippen LogP contribution in [-0.4, -0.2) is 22.7 Å². The minimum Gasteiger partial charge on any atom is -0.419 e. The lowest BCUT2D eigenvalue weighted by atomic mass is 10.1. The predicted molar refractivity (Wildman–Crippen MR) is 92.4 cm³/mol. The first kappa shape index (κ1) is 16.7. The van der Waals surface area contributed by atoms with Crippen molar-refractivity contribution >= 4 is 17.6 Å². The molecule has 0 amide bonds. The second-order valence-corrected chi connectivity index (χ2v) is 6.12. The van der Waals surface area contributed by atoms with E-state index in [1.807, 2.05) is 49.4 Å². The molecule has 1 N–H and O–H groups in total. The van der Waals surface area contributed by atoms with Crippen molar-refractivity contribution in [2.24, 2.45) is 0 Å². The molecular formula is C19H18N2O4. The van der Waals surface area contributed by atoms with Gasteiger partial charge in [-0.1, -0.05) is 18.2 Å². The second-order valence-electron chi connectivity index (χ2n) is 6.12. The third kappa shape index (κ3) is 3.85. The molecular weight excluding hydrogens is 320 g/mol. The van der Waals surface area contributed by atoms with Crippen molar-refractivity contribution in [1.82, 2.24) is 4.98 Å². The zero-order chi connectivity index (χ0) is 18.0. The van der Waals surface area contributed by atoms with E-state index < -0.39 is 17.7 Å². The zero-order valence-electron chi connectivity index (χ0n) is 14.2. The standard InChI is InChI=1S/C19H18N2O4/c1-12-5-4-6-16(21-12)13-7-9-14(10-8-13)20-11-15-17(22)24-19(2,3)25-18(15)23/h4-11,20H,1-3H3. The number of hydrogen-bond acceptors (Lipinski definition) is 6. The maximum absolute atomic E-state index is 11.9. The van der Waals surface area contributed by atoms with Gasteiger partial charge >= 0.3 is 11.9 Å². The molecule has 1 fully saturated rings. The quantitative estimate of drug-likeness (QED) is 0.526. The average Bonchev–Trinajstić information content (AvgIpc) is 2.53. The molecule has 2 aromatic rings. The minimum atomic E-state index is -1.24. The normalized spacial score (nSPS) is 16.0. The summed E-state index contributed by atoms with van der Waals surface area (Å²) >= 11 is 0. The Bertz CT molecular complexity index is 832. The number of nitrogens with one attached hydrogen (secondary N) is 1. The van der Waals surface area contributed by atoms with Gasteiger partial charge in [0, 0.05) is 37.0 Å². The van der Waals surface area contributed by atoms with Crippen LogP contribution in [0.4, 0.5) is 5.69 Å². The highest BCUT2D eigenvalue weighted by Gasteiger charge is 2.38. The van der Waals surface area contributed by atoms with Gasteiger partial charge in [0.05, 0.1) is 5.69 Å². The van der Waals surface area contributed by atoms with Crippen molar-refractivity contribution < 1.29 is 19.1 Å². The molecule has 6 heteroatoms. The molecule has 2 heterocycles. The Morgan fingerprint density at radius 2 is 1.64 bits per heavy atom. The van der Waals surface area contributed by atoms with Crippen LogP contribution in [0.3, 0.4) is 0 Å². The van der Waals surface area contributed by atoms with Crippen LogP contribution in [0.25, 0.3) is 11.3 Å². The first-order valence-corrected chi connectivity index (χ1v) is 7.81. The summed E-state index contributed by atoms with van der Waals surface area (Å²) in [7, 11) is 0. The lowest BCUT2D eigenvalue weighted by Crippen LogP contribution is -2.42. The Kier molecular flexibility index (Phi) is 4.27. The molecule has 1 aromatic heterocycles. The molecule has 0 spiro atoms. The fraction of sp³-hybridized carbons (Fsp3) is 0.211. The number of carbonyl (C=O) groups excluding carboxylic acids is 2. The van der Waals surface area contributed by atoms with Crippen LogP contribution in [0.1, 0.15) is 19.5 Å². The van der Waals surface area contributed by atoms with Gasteiger partial charge in [0.2, 0.25) is 0 Å². The average molecular weight is 338 g/mol. The number of nitrogens with zero attached hydrogens (tertiary/aromatic N) is 1. The van der Waals surface area contributed by atoms with E-state index in [1.54, 1.807) is 0 Å². The molecule has 0 bridgehead atoms. The summed E-state index contributed by atoms with van der Waals surface area (Å²) in [5, 5.41) is 2.91. The third-order valence-electron chi connectivity index (χ3n) is 3.57. The number of aromatic nitrogens is 1. The van der Waals surface area contributed by atoms with E-state index in [4.69, 9.17) is 9.47 Å². The van der Waals surface area contributed by atoms with E-state index in [2.05, 4.69) is 10.3 Å². The Morgan fingerprint density at radius 1 is 1.00 bits per heavy atom. The lowest BCUT2D eigenvalue weighted by molar-refractivity contribution is -0.222. The van der Waals surface area contributed by atoms with E-state index in [1.165, 1.54) is 20.0 Å². The highest BCUT2D eigenvalue weighted by Crippen LogP contribution is 2.23.